The van der Waals surface area contributed by atoms with E-state index in [1.54, 1.807) is 0 Å². The molecule has 1 heterocycles. The van der Waals surface area contributed by atoms with Crippen LogP contribution in [0.1, 0.15) is 11.1 Å². The number of likely N-dealkylation sites (tertiary alicyclic amines) is 1. The Morgan fingerprint density at radius 2 is 1.38 bits per heavy atom. The predicted molar refractivity (Wildman–Crippen MR) is 85.8 cm³/mol. The van der Waals surface area contributed by atoms with Crippen LogP contribution in [0.3, 0.4) is 0 Å². The number of hydrogen-bond acceptors (Lipinski definition) is 2. The zero-order valence-electron chi connectivity index (χ0n) is 12.3. The van der Waals surface area contributed by atoms with E-state index in [0.29, 0.717) is 0 Å². The van der Waals surface area contributed by atoms with Crippen LogP contribution in [-0.2, 0) is 13.1 Å². The van der Waals surface area contributed by atoms with Gasteiger partial charge in [0.1, 0.15) is 0 Å². The van der Waals surface area contributed by atoms with Crippen molar-refractivity contribution in [1.29, 1.82) is 0 Å². The second-order valence-electron chi connectivity index (χ2n) is 6.40. The van der Waals surface area contributed by atoms with E-state index in [-0.39, 0.29) is 0 Å². The highest BCUT2D eigenvalue weighted by atomic mass is 15.2. The molecule has 2 nitrogen and oxygen atoms in total. The Morgan fingerprint density at radius 3 is 2.00 bits per heavy atom. The fraction of sp³-hybridized carbons (Fsp3) is 0.368. The molecule has 0 radical (unpaired) electrons. The third-order valence-corrected chi connectivity index (χ3v) is 4.90. The summed E-state index contributed by atoms with van der Waals surface area (Å²) in [6, 6.07) is 22.3. The molecule has 2 aromatic rings. The van der Waals surface area contributed by atoms with Crippen LogP contribution in [0.15, 0.2) is 60.7 Å². The van der Waals surface area contributed by atoms with Gasteiger partial charge < -0.3 is 5.32 Å². The normalized spacial score (nSPS) is 27.5. The molecule has 108 valence electrons. The van der Waals surface area contributed by atoms with Crippen LogP contribution in [0.4, 0.5) is 0 Å². The third-order valence-electron chi connectivity index (χ3n) is 4.90. The molecule has 1 N–H and O–H groups in total. The number of fused-ring (bicyclic) bond motifs is 1. The molecular weight excluding hydrogens is 256 g/mol. The fourth-order valence-electron chi connectivity index (χ4n) is 3.72. The Kier molecular flexibility index (Phi) is 3.50. The summed E-state index contributed by atoms with van der Waals surface area (Å²) in [6.07, 6.45) is 0. The van der Waals surface area contributed by atoms with Gasteiger partial charge in [0.2, 0.25) is 0 Å². The van der Waals surface area contributed by atoms with Gasteiger partial charge in [-0.05, 0) is 23.0 Å². The molecular formula is C19H22N2. The van der Waals surface area contributed by atoms with Crippen molar-refractivity contribution in [2.45, 2.75) is 19.1 Å². The van der Waals surface area contributed by atoms with E-state index in [2.05, 4.69) is 70.9 Å². The van der Waals surface area contributed by atoms with Gasteiger partial charge in [-0.15, -0.1) is 0 Å². The van der Waals surface area contributed by atoms with Gasteiger partial charge in [0.15, 0.2) is 0 Å². The molecule has 2 aromatic carbocycles. The molecule has 2 fully saturated rings. The van der Waals surface area contributed by atoms with Crippen molar-refractivity contribution in [3.05, 3.63) is 71.8 Å². The molecule has 4 rings (SSSR count). The molecule has 0 aromatic heterocycles. The van der Waals surface area contributed by atoms with Gasteiger partial charge in [-0.2, -0.15) is 0 Å². The number of nitrogens with one attached hydrogen (secondary N) is 1. The van der Waals surface area contributed by atoms with Crippen molar-refractivity contribution in [3.8, 4) is 0 Å². The highest BCUT2D eigenvalue weighted by molar-refractivity contribution is 5.18. The van der Waals surface area contributed by atoms with E-state index < -0.39 is 0 Å². The van der Waals surface area contributed by atoms with E-state index in [1.165, 1.54) is 24.2 Å². The van der Waals surface area contributed by atoms with Gasteiger partial charge in [-0.25, -0.2) is 0 Å². The molecule has 0 amide bonds. The van der Waals surface area contributed by atoms with E-state index in [0.717, 1.165) is 31.0 Å². The molecule has 2 heteroatoms. The molecule has 1 aliphatic carbocycles. The molecule has 2 unspecified atom stereocenters. The second-order valence-corrected chi connectivity index (χ2v) is 6.40. The lowest BCUT2D eigenvalue weighted by molar-refractivity contribution is 0.282. The molecule has 1 saturated heterocycles. The Labute approximate surface area is 126 Å². The monoisotopic (exact) mass is 278 g/mol. The summed E-state index contributed by atoms with van der Waals surface area (Å²) in [5.41, 5.74) is 2.83. The lowest BCUT2D eigenvalue weighted by atomic mass is 10.2. The average molecular weight is 278 g/mol. The zero-order valence-corrected chi connectivity index (χ0v) is 12.3. The standard InChI is InChI=1S/C19H22N2/c1-3-7-15(8-4-1)11-20-19-17-13-21(14-18(17)19)12-16-9-5-2-6-10-16/h1-10,17-20H,11-14H2. The van der Waals surface area contributed by atoms with Gasteiger partial charge in [0.05, 0.1) is 0 Å². The fourth-order valence-corrected chi connectivity index (χ4v) is 3.72. The first kappa shape index (κ1) is 13.1. The smallest absolute Gasteiger partial charge is 0.0233 e. The minimum atomic E-state index is 0.747. The van der Waals surface area contributed by atoms with E-state index in [9.17, 15) is 0 Å². The van der Waals surface area contributed by atoms with Crippen molar-refractivity contribution in [3.63, 3.8) is 0 Å². The van der Waals surface area contributed by atoms with Gasteiger partial charge in [-0.3, -0.25) is 4.90 Å². The lowest BCUT2D eigenvalue weighted by Gasteiger charge is -2.20. The van der Waals surface area contributed by atoms with Crippen molar-refractivity contribution >= 4 is 0 Å². The summed E-state index contributed by atoms with van der Waals surface area (Å²) in [5.74, 6) is 1.75. The number of piperidine rings is 1. The third kappa shape index (κ3) is 2.87. The van der Waals surface area contributed by atoms with Gasteiger partial charge >= 0.3 is 0 Å². The maximum absolute atomic E-state index is 3.73. The Morgan fingerprint density at radius 1 is 0.810 bits per heavy atom. The molecule has 0 bridgehead atoms. The SMILES string of the molecule is c1ccc(CNC2C3CN(Cc4ccccc4)CC32)cc1. The van der Waals surface area contributed by atoms with Gasteiger partial charge in [0, 0.05) is 32.2 Å². The molecule has 1 saturated carbocycles. The highest BCUT2D eigenvalue weighted by Gasteiger charge is 2.55. The van der Waals surface area contributed by atoms with E-state index in [1.807, 2.05) is 0 Å². The summed E-state index contributed by atoms with van der Waals surface area (Å²) >= 11 is 0. The zero-order chi connectivity index (χ0) is 14.1. The summed E-state index contributed by atoms with van der Waals surface area (Å²) in [5, 5.41) is 3.73. The minimum absolute atomic E-state index is 0.747. The van der Waals surface area contributed by atoms with Crippen molar-refractivity contribution in [2.75, 3.05) is 13.1 Å². The summed E-state index contributed by atoms with van der Waals surface area (Å²) in [7, 11) is 0. The van der Waals surface area contributed by atoms with Crippen LogP contribution >= 0.6 is 0 Å². The first-order chi connectivity index (χ1) is 10.4. The van der Waals surface area contributed by atoms with E-state index in [4.69, 9.17) is 0 Å². The maximum atomic E-state index is 3.73. The topological polar surface area (TPSA) is 15.3 Å². The molecule has 2 aliphatic rings. The van der Waals surface area contributed by atoms with Crippen LogP contribution in [0, 0.1) is 11.8 Å². The number of hydrogen-bond donors (Lipinski definition) is 1. The predicted octanol–water partition coefficient (Wildman–Crippen LogP) is 2.91. The summed E-state index contributed by atoms with van der Waals surface area (Å²) in [4.78, 5) is 2.60. The number of nitrogens with zero attached hydrogens (tertiary/aromatic N) is 1. The van der Waals surface area contributed by atoms with E-state index >= 15 is 0 Å². The van der Waals surface area contributed by atoms with Crippen LogP contribution in [0.25, 0.3) is 0 Å². The number of benzene rings is 2. The first-order valence-electron chi connectivity index (χ1n) is 7.94. The van der Waals surface area contributed by atoms with Crippen LogP contribution < -0.4 is 5.32 Å². The second kappa shape index (κ2) is 5.63. The lowest BCUT2D eigenvalue weighted by Crippen LogP contribution is -2.30. The van der Waals surface area contributed by atoms with Crippen LogP contribution in [0.5, 0.6) is 0 Å². The minimum Gasteiger partial charge on any atom is -0.309 e. The molecule has 0 spiro atoms. The van der Waals surface area contributed by atoms with Gasteiger partial charge in [-0.1, -0.05) is 60.7 Å². The maximum Gasteiger partial charge on any atom is 0.0233 e. The van der Waals surface area contributed by atoms with Crippen LogP contribution in [0.2, 0.25) is 0 Å². The summed E-state index contributed by atoms with van der Waals surface area (Å²) < 4.78 is 0. The van der Waals surface area contributed by atoms with Gasteiger partial charge in [0.25, 0.3) is 0 Å². The quantitative estimate of drug-likeness (QED) is 0.904. The molecule has 1 aliphatic heterocycles. The average Bonchev–Trinajstić information content (AvgIpc) is 2.99. The van der Waals surface area contributed by atoms with Crippen LogP contribution in [-0.4, -0.2) is 24.0 Å². The number of rotatable bonds is 5. The Balaban J connectivity index is 1.24. The Bertz CT molecular complexity index is 569. The van der Waals surface area contributed by atoms with Crippen molar-refractivity contribution < 1.29 is 0 Å². The molecule has 21 heavy (non-hydrogen) atoms. The Hall–Kier alpha value is -1.64. The highest BCUT2D eigenvalue weighted by Crippen LogP contribution is 2.45. The first-order valence-corrected chi connectivity index (χ1v) is 7.94. The molecule has 2 atom stereocenters. The largest absolute Gasteiger partial charge is 0.309 e. The summed E-state index contributed by atoms with van der Waals surface area (Å²) in [6.45, 7) is 4.63. The van der Waals surface area contributed by atoms with Crippen molar-refractivity contribution in [2.24, 2.45) is 11.8 Å². The van der Waals surface area contributed by atoms with Crippen molar-refractivity contribution in [1.82, 2.24) is 10.2 Å².